The molecule has 1 atom stereocenters. The molecule has 1 unspecified atom stereocenters. The van der Waals surface area contributed by atoms with Crippen LogP contribution in [-0.2, 0) is 4.79 Å². The Balaban J connectivity index is 2.39. The number of hydrogen-bond donors (Lipinski definition) is 2. The molecule has 4 nitrogen and oxygen atoms in total. The summed E-state index contributed by atoms with van der Waals surface area (Å²) in [7, 11) is 0. The number of nitrogens with one attached hydrogen (secondary N) is 1. The molecule has 4 heteroatoms. The molecule has 14 heavy (non-hydrogen) atoms. The number of furan rings is 1. The molecule has 1 heterocycles. The van der Waals surface area contributed by atoms with Crippen LogP contribution in [0.25, 0.3) is 0 Å². The summed E-state index contributed by atoms with van der Waals surface area (Å²) in [6.07, 6.45) is 1.58. The summed E-state index contributed by atoms with van der Waals surface area (Å²) >= 11 is 0. The van der Waals surface area contributed by atoms with Crippen molar-refractivity contribution in [2.45, 2.75) is 13.0 Å². The zero-order chi connectivity index (χ0) is 10.6. The molecule has 2 N–H and O–H groups in total. The Labute approximate surface area is 82.2 Å². The molecule has 0 fully saturated rings. The fourth-order valence-corrected chi connectivity index (χ4v) is 0.990. The first-order chi connectivity index (χ1) is 6.61. The van der Waals surface area contributed by atoms with Gasteiger partial charge in [0.15, 0.2) is 0 Å². The van der Waals surface area contributed by atoms with Gasteiger partial charge in [-0.05, 0) is 19.1 Å². The van der Waals surface area contributed by atoms with E-state index in [0.29, 0.717) is 0 Å². The Morgan fingerprint density at radius 2 is 2.50 bits per heavy atom. The molecule has 0 bridgehead atoms. The highest BCUT2D eigenvalue weighted by Gasteiger charge is 2.09. The van der Waals surface area contributed by atoms with Gasteiger partial charge in [0.25, 0.3) is 0 Å². The van der Waals surface area contributed by atoms with Crippen molar-refractivity contribution < 1.29 is 14.3 Å². The van der Waals surface area contributed by atoms with Crippen molar-refractivity contribution in [1.82, 2.24) is 5.32 Å². The van der Waals surface area contributed by atoms with Crippen LogP contribution in [0.5, 0.6) is 0 Å². The third-order valence-corrected chi connectivity index (χ3v) is 1.89. The van der Waals surface area contributed by atoms with E-state index in [1.807, 2.05) is 13.0 Å². The van der Waals surface area contributed by atoms with Crippen molar-refractivity contribution in [3.63, 3.8) is 0 Å². The second kappa shape index (κ2) is 4.62. The maximum atomic E-state index is 10.4. The van der Waals surface area contributed by atoms with Gasteiger partial charge in [-0.2, -0.15) is 0 Å². The topological polar surface area (TPSA) is 62.5 Å². The number of aliphatic carboxylic acids is 1. The van der Waals surface area contributed by atoms with Crippen molar-refractivity contribution in [2.24, 2.45) is 0 Å². The maximum absolute atomic E-state index is 10.4. The summed E-state index contributed by atoms with van der Waals surface area (Å²) in [6.45, 7) is 5.56. The number of rotatable bonds is 5. The predicted molar refractivity (Wildman–Crippen MR) is 51.9 cm³/mol. The zero-order valence-corrected chi connectivity index (χ0v) is 7.99. The van der Waals surface area contributed by atoms with Gasteiger partial charge in [0.1, 0.15) is 5.76 Å². The van der Waals surface area contributed by atoms with Gasteiger partial charge in [0.2, 0.25) is 0 Å². The molecule has 0 radical (unpaired) electrons. The van der Waals surface area contributed by atoms with Gasteiger partial charge in [-0.1, -0.05) is 6.58 Å². The van der Waals surface area contributed by atoms with Crippen LogP contribution in [0, 0.1) is 0 Å². The molecular formula is C10H13NO3. The average molecular weight is 195 g/mol. The van der Waals surface area contributed by atoms with E-state index in [1.54, 1.807) is 12.3 Å². The minimum absolute atomic E-state index is 0.0129. The Morgan fingerprint density at radius 1 is 1.79 bits per heavy atom. The summed E-state index contributed by atoms with van der Waals surface area (Å²) in [5.41, 5.74) is 0.142. The van der Waals surface area contributed by atoms with E-state index in [-0.39, 0.29) is 18.2 Å². The van der Waals surface area contributed by atoms with Crippen molar-refractivity contribution >= 4 is 5.97 Å². The van der Waals surface area contributed by atoms with Crippen LogP contribution < -0.4 is 5.32 Å². The van der Waals surface area contributed by atoms with Crippen LogP contribution >= 0.6 is 0 Å². The summed E-state index contributed by atoms with van der Waals surface area (Å²) in [4.78, 5) is 10.4. The van der Waals surface area contributed by atoms with Crippen LogP contribution in [0.15, 0.2) is 35.0 Å². The summed E-state index contributed by atoms with van der Waals surface area (Å²) < 4.78 is 5.15. The summed E-state index contributed by atoms with van der Waals surface area (Å²) in [5.74, 6) is -0.202. The molecule has 0 aliphatic heterocycles. The minimum atomic E-state index is -0.982. The van der Waals surface area contributed by atoms with Gasteiger partial charge < -0.3 is 14.8 Å². The third-order valence-electron chi connectivity index (χ3n) is 1.89. The van der Waals surface area contributed by atoms with E-state index in [2.05, 4.69) is 11.9 Å². The highest BCUT2D eigenvalue weighted by Crippen LogP contribution is 2.11. The lowest BCUT2D eigenvalue weighted by Gasteiger charge is -2.10. The first kappa shape index (κ1) is 10.5. The van der Waals surface area contributed by atoms with Crippen LogP contribution in [0.3, 0.4) is 0 Å². The van der Waals surface area contributed by atoms with Gasteiger partial charge >= 0.3 is 5.97 Å². The van der Waals surface area contributed by atoms with Gasteiger partial charge in [0.05, 0.1) is 12.3 Å². The predicted octanol–water partition coefficient (Wildman–Crippen LogP) is 1.57. The van der Waals surface area contributed by atoms with E-state index in [9.17, 15) is 4.79 Å². The third kappa shape index (κ3) is 2.74. The van der Waals surface area contributed by atoms with E-state index in [1.165, 1.54) is 0 Å². The van der Waals surface area contributed by atoms with E-state index < -0.39 is 5.97 Å². The quantitative estimate of drug-likeness (QED) is 0.700. The molecule has 1 aromatic rings. The Hall–Kier alpha value is -1.55. The molecule has 1 rings (SSSR count). The summed E-state index contributed by atoms with van der Waals surface area (Å²) in [6, 6.07) is 3.61. The molecule has 0 saturated carbocycles. The second-order valence-corrected chi connectivity index (χ2v) is 3.03. The smallest absolute Gasteiger partial charge is 0.332 e. The standard InChI is InChI=1S/C10H13NO3/c1-7(10(12)13)6-11-8(2)9-4-3-5-14-9/h3-5,8,11H,1,6H2,2H3,(H,12,13). The van der Waals surface area contributed by atoms with Gasteiger partial charge in [-0.3, -0.25) is 0 Å². The van der Waals surface area contributed by atoms with Crippen LogP contribution in [0.4, 0.5) is 0 Å². The molecule has 0 saturated heterocycles. The van der Waals surface area contributed by atoms with Crippen LogP contribution in [0.2, 0.25) is 0 Å². The molecule has 0 aliphatic carbocycles. The first-order valence-electron chi connectivity index (χ1n) is 4.29. The number of carboxylic acids is 1. The number of carboxylic acid groups (broad SMARTS) is 1. The van der Waals surface area contributed by atoms with Crippen molar-refractivity contribution in [2.75, 3.05) is 6.54 Å². The number of hydrogen-bond acceptors (Lipinski definition) is 3. The Bertz CT molecular complexity index is 316. The van der Waals surface area contributed by atoms with Crippen LogP contribution in [0.1, 0.15) is 18.7 Å². The normalized spacial score (nSPS) is 12.4. The fourth-order valence-electron chi connectivity index (χ4n) is 0.990. The monoisotopic (exact) mass is 195 g/mol. The largest absolute Gasteiger partial charge is 0.478 e. The van der Waals surface area contributed by atoms with E-state index in [0.717, 1.165) is 5.76 Å². The summed E-state index contributed by atoms with van der Waals surface area (Å²) in [5, 5.41) is 11.6. The molecule has 0 aromatic carbocycles. The fraction of sp³-hybridized carbons (Fsp3) is 0.300. The first-order valence-corrected chi connectivity index (χ1v) is 4.29. The SMILES string of the molecule is C=C(CNC(C)c1ccco1)C(=O)O. The molecule has 76 valence electrons. The van der Waals surface area contributed by atoms with Crippen molar-refractivity contribution in [3.8, 4) is 0 Å². The highest BCUT2D eigenvalue weighted by molar-refractivity contribution is 5.86. The van der Waals surface area contributed by atoms with Gasteiger partial charge in [-0.25, -0.2) is 4.79 Å². The van der Waals surface area contributed by atoms with Gasteiger partial charge in [0, 0.05) is 12.1 Å². The second-order valence-electron chi connectivity index (χ2n) is 3.03. The molecule has 0 aliphatic rings. The van der Waals surface area contributed by atoms with E-state index >= 15 is 0 Å². The minimum Gasteiger partial charge on any atom is -0.478 e. The lowest BCUT2D eigenvalue weighted by molar-refractivity contribution is -0.132. The lowest BCUT2D eigenvalue weighted by Crippen LogP contribution is -2.23. The maximum Gasteiger partial charge on any atom is 0.332 e. The molecule has 0 spiro atoms. The van der Waals surface area contributed by atoms with Crippen LogP contribution in [-0.4, -0.2) is 17.6 Å². The number of carbonyl (C=O) groups is 1. The molecule has 0 amide bonds. The Kier molecular flexibility index (Phi) is 3.48. The lowest BCUT2D eigenvalue weighted by atomic mass is 10.2. The molecular weight excluding hydrogens is 182 g/mol. The van der Waals surface area contributed by atoms with Gasteiger partial charge in [-0.15, -0.1) is 0 Å². The molecule has 1 aromatic heterocycles. The van der Waals surface area contributed by atoms with Crippen molar-refractivity contribution in [1.29, 1.82) is 0 Å². The Morgan fingerprint density at radius 3 is 3.00 bits per heavy atom. The van der Waals surface area contributed by atoms with Crippen molar-refractivity contribution in [3.05, 3.63) is 36.3 Å². The highest BCUT2D eigenvalue weighted by atomic mass is 16.4. The zero-order valence-electron chi connectivity index (χ0n) is 7.99. The van der Waals surface area contributed by atoms with E-state index in [4.69, 9.17) is 9.52 Å². The average Bonchev–Trinajstić information content (AvgIpc) is 2.66.